The van der Waals surface area contributed by atoms with Gasteiger partial charge in [0.2, 0.25) is 5.91 Å². The zero-order valence-corrected chi connectivity index (χ0v) is 46.8. The molecule has 0 spiro atoms. The van der Waals surface area contributed by atoms with Crippen LogP contribution in [0.1, 0.15) is 258 Å². The predicted molar refractivity (Wildman–Crippen MR) is 295 cm³/mol. The number of hydrogen-bond donors (Lipinski definition) is 9. The molecular formula is C60H113NO13. The Bertz CT molecular complexity index is 1340. The minimum absolute atomic E-state index is 0.208. The van der Waals surface area contributed by atoms with E-state index in [2.05, 4.69) is 43.5 Å². The average molecular weight is 1060 g/mol. The van der Waals surface area contributed by atoms with Gasteiger partial charge in [-0.1, -0.05) is 231 Å². The van der Waals surface area contributed by atoms with Crippen LogP contribution in [0.15, 0.2) is 24.3 Å². The third-order valence-corrected chi connectivity index (χ3v) is 15.2. The van der Waals surface area contributed by atoms with Crippen molar-refractivity contribution in [3.63, 3.8) is 0 Å². The third-order valence-electron chi connectivity index (χ3n) is 15.2. The summed E-state index contributed by atoms with van der Waals surface area (Å²) in [5.74, 6) is -0.208. The molecule has 0 aromatic carbocycles. The van der Waals surface area contributed by atoms with Gasteiger partial charge in [-0.15, -0.1) is 0 Å². The van der Waals surface area contributed by atoms with E-state index in [1.807, 2.05) is 0 Å². The van der Waals surface area contributed by atoms with Gasteiger partial charge in [0.25, 0.3) is 0 Å². The lowest BCUT2D eigenvalue weighted by Crippen LogP contribution is -2.65. The van der Waals surface area contributed by atoms with E-state index in [0.29, 0.717) is 12.8 Å². The maximum absolute atomic E-state index is 13.3. The van der Waals surface area contributed by atoms with Crippen molar-refractivity contribution >= 4 is 5.91 Å². The molecule has 14 heteroatoms. The van der Waals surface area contributed by atoms with Gasteiger partial charge in [0.15, 0.2) is 12.6 Å². The molecule has 2 fully saturated rings. The van der Waals surface area contributed by atoms with Crippen LogP contribution < -0.4 is 5.32 Å². The minimum Gasteiger partial charge on any atom is -0.394 e. The third kappa shape index (κ3) is 31.8. The highest BCUT2D eigenvalue weighted by Crippen LogP contribution is 2.30. The van der Waals surface area contributed by atoms with Crippen LogP contribution in [0.4, 0.5) is 0 Å². The van der Waals surface area contributed by atoms with Gasteiger partial charge in [-0.05, 0) is 44.9 Å². The lowest BCUT2D eigenvalue weighted by atomic mass is 9.97. The monoisotopic (exact) mass is 1060 g/mol. The summed E-state index contributed by atoms with van der Waals surface area (Å²) in [6, 6.07) is -0.830. The average Bonchev–Trinajstić information content (AvgIpc) is 3.40. The molecule has 12 atom stereocenters. The van der Waals surface area contributed by atoms with E-state index >= 15 is 0 Å². The van der Waals surface area contributed by atoms with Crippen molar-refractivity contribution in [2.45, 2.75) is 331 Å². The number of hydrogen-bond acceptors (Lipinski definition) is 13. The summed E-state index contributed by atoms with van der Waals surface area (Å²) in [4.78, 5) is 13.3. The summed E-state index contributed by atoms with van der Waals surface area (Å²) in [5.41, 5.74) is 0. The van der Waals surface area contributed by atoms with Gasteiger partial charge in [0.05, 0.1) is 32.0 Å². The maximum atomic E-state index is 13.3. The van der Waals surface area contributed by atoms with E-state index in [9.17, 15) is 45.6 Å². The Morgan fingerprint density at radius 3 is 1.38 bits per heavy atom. The second-order valence-corrected chi connectivity index (χ2v) is 21.8. The van der Waals surface area contributed by atoms with Crippen LogP contribution in [-0.4, -0.2) is 140 Å². The van der Waals surface area contributed by atoms with Crippen LogP contribution in [-0.2, 0) is 23.7 Å². The number of nitrogens with one attached hydrogen (secondary N) is 1. The first-order valence-electron chi connectivity index (χ1n) is 30.6. The van der Waals surface area contributed by atoms with Gasteiger partial charge >= 0.3 is 0 Å². The van der Waals surface area contributed by atoms with E-state index in [4.69, 9.17) is 18.9 Å². The fourth-order valence-electron chi connectivity index (χ4n) is 10.2. The van der Waals surface area contributed by atoms with Crippen molar-refractivity contribution in [1.29, 1.82) is 0 Å². The molecule has 436 valence electrons. The Kier molecular flexibility index (Phi) is 43.0. The van der Waals surface area contributed by atoms with Gasteiger partial charge in [-0.3, -0.25) is 4.79 Å². The van der Waals surface area contributed by atoms with E-state index in [1.165, 1.54) is 167 Å². The molecule has 9 N–H and O–H groups in total. The highest BCUT2D eigenvalue weighted by molar-refractivity contribution is 5.76. The Hall–Kier alpha value is -1.53. The normalized spacial score (nSPS) is 25.3. The largest absolute Gasteiger partial charge is 0.394 e. The molecule has 12 unspecified atom stereocenters. The maximum Gasteiger partial charge on any atom is 0.220 e. The van der Waals surface area contributed by atoms with Gasteiger partial charge in [0.1, 0.15) is 48.8 Å². The fraction of sp³-hybridized carbons (Fsp3) is 0.917. The molecule has 0 aromatic heterocycles. The van der Waals surface area contributed by atoms with Gasteiger partial charge in [-0.25, -0.2) is 0 Å². The first-order chi connectivity index (χ1) is 36.1. The lowest BCUT2D eigenvalue weighted by Gasteiger charge is -2.46. The van der Waals surface area contributed by atoms with Crippen molar-refractivity contribution in [3.05, 3.63) is 24.3 Å². The topological polar surface area (TPSA) is 228 Å². The highest BCUT2D eigenvalue weighted by Gasteiger charge is 2.51. The standard InChI is InChI=1S/C60H113NO13/c1-3-5-7-9-11-13-15-17-19-21-23-24-26-27-29-31-33-35-37-39-41-43-49(64)48(61-52(65)44-42-40-38-36-34-32-30-28-25-22-20-18-16-14-12-10-8-6-4-2)47-71-59-57(70)55(68)58(51(46-63)73-59)74-60-56(69)54(67)53(66)50(45-62)72-60/h12,14,18,20,48-51,53-60,62-64,66-70H,3-11,13,15-17,19,21-47H2,1-2H3,(H,61,65)/b14-12-,20-18-. The van der Waals surface area contributed by atoms with Crippen molar-refractivity contribution in [2.75, 3.05) is 19.8 Å². The molecule has 14 nitrogen and oxygen atoms in total. The van der Waals surface area contributed by atoms with Crippen molar-refractivity contribution < 1.29 is 64.6 Å². The van der Waals surface area contributed by atoms with Crippen LogP contribution in [0.2, 0.25) is 0 Å². The highest BCUT2D eigenvalue weighted by atomic mass is 16.7. The summed E-state index contributed by atoms with van der Waals surface area (Å²) in [6.07, 6.45) is 37.4. The second kappa shape index (κ2) is 46.4. The van der Waals surface area contributed by atoms with Crippen molar-refractivity contribution in [2.24, 2.45) is 0 Å². The molecule has 2 aliphatic heterocycles. The van der Waals surface area contributed by atoms with Crippen LogP contribution in [0, 0.1) is 0 Å². The summed E-state index contributed by atoms with van der Waals surface area (Å²) >= 11 is 0. The molecule has 1 amide bonds. The number of allylic oxidation sites excluding steroid dienone is 4. The Labute approximate surface area is 449 Å². The number of rotatable bonds is 49. The molecule has 2 saturated heterocycles. The number of carbonyl (C=O) groups is 1. The second-order valence-electron chi connectivity index (χ2n) is 21.8. The van der Waals surface area contributed by atoms with Crippen molar-refractivity contribution in [1.82, 2.24) is 5.32 Å². The number of aliphatic hydroxyl groups is 8. The van der Waals surface area contributed by atoms with Crippen molar-refractivity contribution in [3.8, 4) is 0 Å². The molecule has 0 aliphatic carbocycles. The van der Waals surface area contributed by atoms with E-state index < -0.39 is 86.8 Å². The molecule has 0 bridgehead atoms. The molecule has 74 heavy (non-hydrogen) atoms. The quantitative estimate of drug-likeness (QED) is 0.0204. The number of amides is 1. The minimum atomic E-state index is -1.78. The van der Waals surface area contributed by atoms with Crippen LogP contribution in [0.25, 0.3) is 0 Å². The van der Waals surface area contributed by atoms with Crippen LogP contribution in [0.5, 0.6) is 0 Å². The van der Waals surface area contributed by atoms with Gasteiger partial charge in [-0.2, -0.15) is 0 Å². The Morgan fingerprint density at radius 2 is 0.892 bits per heavy atom. The van der Waals surface area contributed by atoms with Gasteiger partial charge in [0, 0.05) is 6.42 Å². The lowest BCUT2D eigenvalue weighted by molar-refractivity contribution is -0.359. The molecule has 2 heterocycles. The zero-order chi connectivity index (χ0) is 53.9. The molecule has 0 radical (unpaired) electrons. The molecule has 2 aliphatic rings. The van der Waals surface area contributed by atoms with E-state index in [0.717, 1.165) is 64.2 Å². The molecular weight excluding hydrogens is 943 g/mol. The summed E-state index contributed by atoms with van der Waals surface area (Å²) in [7, 11) is 0. The van der Waals surface area contributed by atoms with Gasteiger partial charge < -0.3 is 65.1 Å². The fourth-order valence-corrected chi connectivity index (χ4v) is 10.2. The van der Waals surface area contributed by atoms with Crippen LogP contribution in [0.3, 0.4) is 0 Å². The zero-order valence-electron chi connectivity index (χ0n) is 46.8. The summed E-state index contributed by atoms with van der Waals surface area (Å²) in [5, 5.41) is 87.3. The summed E-state index contributed by atoms with van der Waals surface area (Å²) in [6.45, 7) is 2.86. The first kappa shape index (κ1) is 68.6. The predicted octanol–water partition coefficient (Wildman–Crippen LogP) is 10.4. The number of carbonyl (C=O) groups excluding carboxylic acids is 1. The number of aliphatic hydroxyl groups excluding tert-OH is 8. The molecule has 0 saturated carbocycles. The number of unbranched alkanes of at least 4 members (excludes halogenated alkanes) is 32. The molecule has 0 aromatic rings. The van der Waals surface area contributed by atoms with E-state index in [1.54, 1.807) is 0 Å². The smallest absolute Gasteiger partial charge is 0.220 e. The van der Waals surface area contributed by atoms with Crippen LogP contribution >= 0.6 is 0 Å². The number of ether oxygens (including phenoxy) is 4. The first-order valence-corrected chi connectivity index (χ1v) is 30.6. The Morgan fingerprint density at radius 1 is 0.486 bits per heavy atom. The van der Waals surface area contributed by atoms with E-state index in [-0.39, 0.29) is 12.5 Å². The Balaban J connectivity index is 1.75. The molecule has 2 rings (SSSR count). The SMILES string of the molecule is CCCCC/C=C\C/C=C\CCCCCCCCCCCC(=O)NC(COC1OC(CO)C(OC2OC(CO)C(O)C(O)C2O)C(O)C1O)C(O)CCCCCCCCCCCCCCCCCCCCCCC. The summed E-state index contributed by atoms with van der Waals surface area (Å²) < 4.78 is 22.9.